The fourth-order valence-electron chi connectivity index (χ4n) is 21.2. The second-order valence-electron chi connectivity index (χ2n) is 49.2. The molecule has 858 valence electrons. The highest BCUT2D eigenvalue weighted by Crippen LogP contribution is 2.45. The van der Waals surface area contributed by atoms with Crippen LogP contribution in [0, 0.1) is 10.1 Å². The number of alkyl carbamates (subject to hydrolysis) is 1. The molecule has 9 rings (SSSR count). The summed E-state index contributed by atoms with van der Waals surface area (Å²) in [6.07, 6.45) is 8.34. The van der Waals surface area contributed by atoms with Gasteiger partial charge in [0.2, 0.25) is 23.6 Å². The zero-order chi connectivity index (χ0) is 115. The average Bonchev–Trinajstić information content (AvgIpc) is 0.806. The van der Waals surface area contributed by atoms with Crippen molar-refractivity contribution < 1.29 is 113 Å². The molecule has 5 amide bonds. The third kappa shape index (κ3) is 45.2. The van der Waals surface area contributed by atoms with E-state index in [0.717, 1.165) is 69.8 Å². The van der Waals surface area contributed by atoms with E-state index in [1.54, 1.807) is 13.8 Å². The van der Waals surface area contributed by atoms with Gasteiger partial charge >= 0.3 is 24.0 Å². The molecule has 38 nitrogen and oxygen atoms in total. The van der Waals surface area contributed by atoms with Gasteiger partial charge in [-0.25, -0.2) is 4.79 Å². The van der Waals surface area contributed by atoms with Crippen molar-refractivity contribution in [1.82, 2.24) is 67.3 Å². The predicted molar refractivity (Wildman–Crippen MR) is 638 cm³/mol. The quantitative estimate of drug-likeness (QED) is 0.00577. The number of non-ortho nitro benzene ring substituents is 1. The van der Waals surface area contributed by atoms with Crippen LogP contribution in [-0.4, -0.2) is 320 Å². The Labute approximate surface area is 986 Å². The maximum atomic E-state index is 12.5. The van der Waals surface area contributed by atoms with Crippen molar-refractivity contribution >= 4 is 229 Å². The van der Waals surface area contributed by atoms with Gasteiger partial charge in [0.05, 0.1) is 29.4 Å². The number of benzene rings is 2. The van der Waals surface area contributed by atoms with Gasteiger partial charge < -0.3 is 102 Å². The summed E-state index contributed by atoms with van der Waals surface area (Å²) < 4.78 is 30.2. The number of thiocarbonyl (C=S) groups is 1. The number of ether oxygens (including phenoxy) is 6. The molecular weight excluding hydrogens is 2740 g/mol. The van der Waals surface area contributed by atoms with Gasteiger partial charge in [0.15, 0.2) is 0 Å². The lowest BCUT2D eigenvalue weighted by Crippen LogP contribution is -2.63. The Kier molecular flexibility index (Phi) is 55.0. The number of esters is 3. The maximum absolute atomic E-state index is 12.5. The van der Waals surface area contributed by atoms with E-state index in [1.807, 2.05) is 313 Å². The number of aliphatic hydroxyl groups excluding tert-OH is 1. The molecule has 0 radical (unpaired) electrons. The summed E-state index contributed by atoms with van der Waals surface area (Å²) in [5.74, 6) is -0.877. The SMILES string of the molecule is CC(C)(I)C(=O)NC1CC(C)(C)N(O)C(C)(C)C1.CC(I)C(=O)NC1CC(C)(C)N(O)C(C)(C)C1.CC(I)C(=O)OCCOC(=O)NC1CC(C)(C)N(O)C(C)(C)C1.CC(I)C(=O)OCCOC(=S)NC1CC(C)(C)N(O)C(C)(C)C1.CC1(C)CC(NC(=O)C(I)c2ccccc2)CC(C)(C)N1O.CC1(C)CC(NC(=O)CI)CC(C)(C)N1O.CC1(C)CC(OCC(O)COC(=O)C(I)c2ccc([N+](=O)[O-])cc2)CC(C)(C)N1O. The van der Waals surface area contributed by atoms with E-state index in [4.69, 9.17) is 40.6 Å². The van der Waals surface area contributed by atoms with Crippen molar-refractivity contribution in [3.05, 3.63) is 75.8 Å². The Morgan fingerprint density at radius 2 is 0.664 bits per heavy atom. The smallest absolute Gasteiger partial charge is 0.407 e. The fourth-order valence-corrected chi connectivity index (χ4v) is 23.5. The first-order chi connectivity index (χ1) is 67.5. The minimum absolute atomic E-state index is 0.0129. The van der Waals surface area contributed by atoms with Crippen LogP contribution in [0.3, 0.4) is 0 Å². The molecule has 2 aromatic rings. The highest BCUT2D eigenvalue weighted by Gasteiger charge is 2.53. The second kappa shape index (κ2) is 58.2. The number of nitro groups is 1. The number of amides is 5. The minimum atomic E-state index is -0.979. The largest absolute Gasteiger partial charge is 0.467 e. The number of nitrogens with one attached hydrogen (secondary N) is 6. The molecule has 0 saturated carbocycles. The summed E-state index contributed by atoms with van der Waals surface area (Å²) >= 11 is 19.5. The number of alkyl halides is 7. The molecule has 7 saturated heterocycles. The van der Waals surface area contributed by atoms with E-state index >= 15 is 0 Å². The molecule has 0 aromatic heterocycles. The van der Waals surface area contributed by atoms with E-state index in [-0.39, 0.29) is 194 Å². The summed E-state index contributed by atoms with van der Waals surface area (Å²) in [7, 11) is 0. The lowest BCUT2D eigenvalue weighted by molar-refractivity contribution is -0.384. The Morgan fingerprint density at radius 3 is 0.973 bits per heavy atom. The number of halogens is 7. The van der Waals surface area contributed by atoms with Crippen LogP contribution in [0.5, 0.6) is 0 Å². The molecule has 0 bridgehead atoms. The van der Waals surface area contributed by atoms with Crippen LogP contribution in [0.2, 0.25) is 0 Å². The van der Waals surface area contributed by atoms with Crippen molar-refractivity contribution in [3.8, 4) is 0 Å². The average molecular weight is 2920 g/mol. The van der Waals surface area contributed by atoms with Gasteiger partial charge in [-0.3, -0.25) is 43.7 Å². The Balaban J connectivity index is 0.000000450. The number of nitrogens with zero attached hydrogens (tertiary/aromatic N) is 8. The van der Waals surface area contributed by atoms with Crippen LogP contribution >= 0.6 is 170 Å². The first-order valence-electron chi connectivity index (χ1n) is 50.6. The van der Waals surface area contributed by atoms with Crippen LogP contribution in [0.15, 0.2) is 54.6 Å². The fraction of sp³-hybridized carbons (Fsp3) is 0.796. The van der Waals surface area contributed by atoms with Crippen LogP contribution in [0.4, 0.5) is 10.5 Å². The number of hydrogen-bond donors (Lipinski definition) is 14. The van der Waals surface area contributed by atoms with E-state index in [1.165, 1.54) is 59.7 Å². The van der Waals surface area contributed by atoms with E-state index < -0.39 is 52.6 Å². The molecular formula is C103H177I7N14O24S. The first-order valence-corrected chi connectivity index (χ1v) is 59.8. The zero-order valence-corrected chi connectivity index (χ0v) is 110. The van der Waals surface area contributed by atoms with Crippen molar-refractivity contribution in [3.63, 3.8) is 0 Å². The molecule has 149 heavy (non-hydrogen) atoms. The van der Waals surface area contributed by atoms with Gasteiger partial charge in [0.1, 0.15) is 54.8 Å². The van der Waals surface area contributed by atoms with E-state index in [0.29, 0.717) is 40.8 Å². The monoisotopic (exact) mass is 2910 g/mol. The highest BCUT2D eigenvalue weighted by atomic mass is 127. The second-order valence-corrected chi connectivity index (χ2v) is 61.2. The Morgan fingerprint density at radius 1 is 0.383 bits per heavy atom. The first kappa shape index (κ1) is 141. The highest BCUT2D eigenvalue weighted by molar-refractivity contribution is 14.1. The van der Waals surface area contributed by atoms with Crippen molar-refractivity contribution in [2.45, 2.75) is 467 Å². The van der Waals surface area contributed by atoms with Crippen molar-refractivity contribution in [2.75, 3.05) is 44.1 Å². The van der Waals surface area contributed by atoms with Crippen LogP contribution < -0.4 is 31.9 Å². The van der Waals surface area contributed by atoms with Crippen molar-refractivity contribution in [1.29, 1.82) is 0 Å². The molecule has 2 aromatic carbocycles. The van der Waals surface area contributed by atoms with Crippen molar-refractivity contribution in [2.24, 2.45) is 0 Å². The van der Waals surface area contributed by atoms with Gasteiger partial charge in [-0.15, -0.1) is 0 Å². The molecule has 7 aliphatic rings. The normalized spacial score (nSPS) is 23.2. The van der Waals surface area contributed by atoms with Crippen LogP contribution in [0.25, 0.3) is 0 Å². The molecule has 6 atom stereocenters. The number of aliphatic hydroxyl groups is 1. The number of carbonyl (C=O) groups is 8. The molecule has 7 heterocycles. The topological polar surface area (TPSA) is 492 Å². The number of hydroxylamine groups is 14. The lowest BCUT2D eigenvalue weighted by Gasteiger charge is -2.51. The number of rotatable bonds is 27. The lowest BCUT2D eigenvalue weighted by atomic mass is 9.79. The summed E-state index contributed by atoms with van der Waals surface area (Å²) in [6, 6.07) is 16.0. The standard InChI is InChI=1S/C20H29IN2O7.C17H25IN2O2.C15H27IN2O5.C15H27IN2O4S.C13H25IN2O2.C12H23IN2O2.C11H21IN2O2/c1-19(2)9-16(10-20(3,4)23(19)28)29-11-15(24)12-30-18(25)17(21)13-5-7-14(8-6-13)22(26)27;1-16(2)10-13(11-17(3,4)20(16)22)19-15(21)14(18)12-8-6-5-7-9-12;1-10(16)12(19)22-6-7-23-13(20)17-11-8-14(2,3)18(21)15(4,5)9-11;1-10(16)12(19)21-6-7-22-13(23)17-11-8-14(2,3)18(20)15(4,5)9-11;1-11(2)7-9(8-12(3,4)16(11)18)15-10(17)13(5,6)14;1-8(13)10(16)14-9-6-11(2,3)15(17)12(4,5)7-9;1-10(2)5-8(13-9(15)7-12)6-11(3,4)14(10)16/h5-8,15-17,24,28H,9-12H2,1-4H3;5-9,13-14,22H,10-11H2,1-4H3,(H,19,21);10-11,21H,6-9H2,1-5H3,(H,17,20);10-11,20H,6-9H2,1-5H3,(H,17,23);9,18H,7-8H2,1-6H3,(H,15,17);8-9,17H,6-7H2,1-5H3,(H,14,16);8,16H,5-7H2,1-4H3,(H,13,15). The molecule has 6 unspecified atom stereocenters. The summed E-state index contributed by atoms with van der Waals surface area (Å²) in [6.45, 7) is 64.9. The Bertz CT molecular complexity index is 4440. The van der Waals surface area contributed by atoms with E-state index in [9.17, 15) is 90.0 Å². The number of hydrogen-bond acceptors (Lipinski definition) is 32. The number of carbonyl (C=O) groups excluding carboxylic acids is 8. The molecule has 14 N–H and O–H groups in total. The third-order valence-electron chi connectivity index (χ3n) is 27.1. The van der Waals surface area contributed by atoms with Gasteiger partial charge in [0, 0.05) is 126 Å². The van der Waals surface area contributed by atoms with Gasteiger partial charge in [-0.1, -0.05) is 201 Å². The Hall–Kier alpha value is -2.44. The maximum Gasteiger partial charge on any atom is 0.407 e. The van der Waals surface area contributed by atoms with Crippen LogP contribution in [0.1, 0.15) is 337 Å². The number of piperidine rings is 7. The third-order valence-corrected chi connectivity index (χ3v) is 32.6. The summed E-state index contributed by atoms with van der Waals surface area (Å²) in [4.78, 5) is 105. The van der Waals surface area contributed by atoms with Gasteiger partial charge in [-0.05, 0) is 342 Å². The summed E-state index contributed by atoms with van der Waals surface area (Å²) in [5.41, 5.74) is -3.52. The summed E-state index contributed by atoms with van der Waals surface area (Å²) in [5, 5.41) is 121. The number of nitro benzene ring substituents is 1. The predicted octanol–water partition coefficient (Wildman–Crippen LogP) is 19.2. The molecule has 7 aliphatic heterocycles. The van der Waals surface area contributed by atoms with E-state index in [2.05, 4.69) is 122 Å². The van der Waals surface area contributed by atoms with Crippen LogP contribution in [-0.2, 0) is 62.0 Å². The molecule has 46 heteroatoms. The van der Waals surface area contributed by atoms with Gasteiger partial charge in [0.25, 0.3) is 10.9 Å². The minimum Gasteiger partial charge on any atom is -0.467 e. The molecule has 7 fully saturated rings. The molecule has 0 spiro atoms. The zero-order valence-electron chi connectivity index (χ0n) is 93.8. The van der Waals surface area contributed by atoms with Gasteiger partial charge in [-0.2, -0.15) is 35.4 Å². The molecule has 0 aliphatic carbocycles.